The number of hydrogen-bond acceptors (Lipinski definition) is 6. The van der Waals surface area contributed by atoms with Gasteiger partial charge in [-0.1, -0.05) is 31.2 Å². The minimum atomic E-state index is -4.40. The normalized spacial score (nSPS) is 21.2. The number of rotatable bonds is 8. The molecule has 2 atom stereocenters. The molecule has 1 aromatic heterocycles. The molecule has 1 N–H and O–H groups in total. The largest absolute Gasteiger partial charge is 0.416 e. The molecule has 2 unspecified atom stereocenters. The van der Waals surface area contributed by atoms with E-state index in [4.69, 9.17) is 9.47 Å². The summed E-state index contributed by atoms with van der Waals surface area (Å²) in [6, 6.07) is 7.81. The Morgan fingerprint density at radius 3 is 2.42 bits per heavy atom. The van der Waals surface area contributed by atoms with Gasteiger partial charge in [0.25, 0.3) is 0 Å². The minimum absolute atomic E-state index is 0.0692. The first-order chi connectivity index (χ1) is 18.0. The number of alkyl halides is 3. The molecule has 0 bridgehead atoms. The predicted octanol–water partition coefficient (Wildman–Crippen LogP) is 5.43. The fourth-order valence-electron chi connectivity index (χ4n) is 4.16. The molecule has 0 radical (unpaired) electrons. The summed E-state index contributed by atoms with van der Waals surface area (Å²) in [6.07, 6.45) is -0.709. The Balaban J connectivity index is 1.41. The molecule has 38 heavy (non-hydrogen) atoms. The van der Waals surface area contributed by atoms with Crippen molar-refractivity contribution in [1.29, 1.82) is 0 Å². The number of thioether (sulfide) groups is 1. The number of halogens is 5. The van der Waals surface area contributed by atoms with Crippen molar-refractivity contribution in [2.24, 2.45) is 0 Å². The van der Waals surface area contributed by atoms with E-state index >= 15 is 0 Å². The number of aromatic nitrogens is 3. The maximum atomic E-state index is 14.7. The lowest BCUT2D eigenvalue weighted by molar-refractivity contribution is -0.152. The zero-order valence-corrected chi connectivity index (χ0v) is 21.3. The number of benzene rings is 2. The number of nitrogens with zero attached hydrogens (tertiary/aromatic N) is 3. The zero-order valence-electron chi connectivity index (χ0n) is 20.5. The SMILES string of the molecule is C/C(=C\c1ccc(C(F)(F)F)cc1)C1OCC(SC(C)C(O)(Cn2cncn2)c2ccc(F)cc2F)CO1. The lowest BCUT2D eigenvalue weighted by Gasteiger charge is -2.38. The van der Waals surface area contributed by atoms with Gasteiger partial charge in [-0.2, -0.15) is 18.3 Å². The summed E-state index contributed by atoms with van der Waals surface area (Å²) in [5.41, 5.74) is -1.30. The quantitative estimate of drug-likeness (QED) is 0.374. The van der Waals surface area contributed by atoms with Gasteiger partial charge in [0.1, 0.15) is 29.9 Å². The fourth-order valence-corrected chi connectivity index (χ4v) is 5.48. The van der Waals surface area contributed by atoms with E-state index < -0.39 is 40.5 Å². The van der Waals surface area contributed by atoms with Crippen molar-refractivity contribution >= 4 is 17.8 Å². The third kappa shape index (κ3) is 6.60. The Hall–Kier alpha value is -2.80. The average Bonchev–Trinajstić information content (AvgIpc) is 3.37. The summed E-state index contributed by atoms with van der Waals surface area (Å²) in [5.74, 6) is -1.63. The Morgan fingerprint density at radius 1 is 1.16 bits per heavy atom. The van der Waals surface area contributed by atoms with Crippen LogP contribution in [0.25, 0.3) is 6.08 Å². The van der Waals surface area contributed by atoms with Gasteiger partial charge in [-0.3, -0.25) is 0 Å². The molecule has 0 spiro atoms. The zero-order chi connectivity index (χ0) is 27.5. The standard InChI is InChI=1S/C26H26F5N3O3S/c1-16(9-18-3-5-19(6-4-18)26(29,30)31)24-36-11-21(12-37-24)38-17(2)25(35,13-34-15-32-14-33-34)22-8-7-20(27)10-23(22)28/h3-10,14-15,17,21,24,35H,11-13H2,1-2H3/b16-9+. The fraction of sp³-hybridized carbons (Fsp3) is 0.385. The molecule has 2 heterocycles. The molecule has 204 valence electrons. The highest BCUT2D eigenvalue weighted by Gasteiger charge is 2.41. The van der Waals surface area contributed by atoms with Gasteiger partial charge >= 0.3 is 6.18 Å². The van der Waals surface area contributed by atoms with Crippen LogP contribution in [0.4, 0.5) is 22.0 Å². The smallest absolute Gasteiger partial charge is 0.382 e. The lowest BCUT2D eigenvalue weighted by atomic mass is 9.90. The molecule has 3 aromatic rings. The maximum Gasteiger partial charge on any atom is 0.416 e. The van der Waals surface area contributed by atoms with Crippen LogP contribution >= 0.6 is 11.8 Å². The van der Waals surface area contributed by atoms with Crippen LogP contribution in [0.5, 0.6) is 0 Å². The summed E-state index contributed by atoms with van der Waals surface area (Å²) < 4.78 is 79.7. The van der Waals surface area contributed by atoms with Crippen LogP contribution in [0, 0.1) is 11.6 Å². The molecular weight excluding hydrogens is 529 g/mol. The summed E-state index contributed by atoms with van der Waals surface area (Å²) in [4.78, 5) is 3.87. The van der Waals surface area contributed by atoms with E-state index in [1.165, 1.54) is 47.3 Å². The van der Waals surface area contributed by atoms with Crippen LogP contribution in [-0.2, 0) is 27.8 Å². The molecule has 0 saturated carbocycles. The van der Waals surface area contributed by atoms with Gasteiger partial charge < -0.3 is 14.6 Å². The molecule has 1 fully saturated rings. The first-order valence-electron chi connectivity index (χ1n) is 11.7. The second kappa shape index (κ2) is 11.5. The Labute approximate surface area is 220 Å². The second-order valence-electron chi connectivity index (χ2n) is 9.05. The van der Waals surface area contributed by atoms with Crippen LogP contribution in [0.3, 0.4) is 0 Å². The highest BCUT2D eigenvalue weighted by Crippen LogP contribution is 2.39. The minimum Gasteiger partial charge on any atom is -0.382 e. The van der Waals surface area contributed by atoms with E-state index in [0.717, 1.165) is 24.3 Å². The lowest BCUT2D eigenvalue weighted by Crippen LogP contribution is -2.44. The molecule has 4 rings (SSSR count). The van der Waals surface area contributed by atoms with Crippen LogP contribution in [-0.4, -0.2) is 49.9 Å². The average molecular weight is 556 g/mol. The molecule has 0 amide bonds. The summed E-state index contributed by atoms with van der Waals surface area (Å²) in [5, 5.41) is 14.9. The first kappa shape index (κ1) is 28.2. The van der Waals surface area contributed by atoms with E-state index in [1.54, 1.807) is 19.9 Å². The molecule has 12 heteroatoms. The predicted molar refractivity (Wildman–Crippen MR) is 132 cm³/mol. The van der Waals surface area contributed by atoms with Crippen molar-refractivity contribution in [3.8, 4) is 0 Å². The van der Waals surface area contributed by atoms with Crippen molar-refractivity contribution in [2.45, 2.75) is 49.0 Å². The third-order valence-corrected chi connectivity index (χ3v) is 7.66. The van der Waals surface area contributed by atoms with Crippen LogP contribution in [0.15, 0.2) is 60.7 Å². The Morgan fingerprint density at radius 2 is 1.84 bits per heavy atom. The van der Waals surface area contributed by atoms with E-state index in [-0.39, 0.29) is 30.6 Å². The van der Waals surface area contributed by atoms with Crippen LogP contribution in [0.2, 0.25) is 0 Å². The monoisotopic (exact) mass is 555 g/mol. The van der Waals surface area contributed by atoms with Crippen molar-refractivity contribution in [1.82, 2.24) is 14.8 Å². The van der Waals surface area contributed by atoms with Gasteiger partial charge in [0.2, 0.25) is 0 Å². The van der Waals surface area contributed by atoms with Crippen LogP contribution < -0.4 is 0 Å². The van der Waals surface area contributed by atoms with Gasteiger partial charge in [-0.05, 0) is 36.3 Å². The molecule has 1 aliphatic rings. The van der Waals surface area contributed by atoms with Gasteiger partial charge in [-0.25, -0.2) is 18.4 Å². The van der Waals surface area contributed by atoms with Crippen molar-refractivity contribution in [2.75, 3.05) is 13.2 Å². The highest BCUT2D eigenvalue weighted by atomic mass is 32.2. The summed E-state index contributed by atoms with van der Waals surface area (Å²) in [7, 11) is 0. The van der Waals surface area contributed by atoms with E-state index in [9.17, 15) is 27.1 Å². The maximum absolute atomic E-state index is 14.7. The molecule has 0 aliphatic carbocycles. The van der Waals surface area contributed by atoms with Gasteiger partial charge in [0, 0.05) is 16.9 Å². The first-order valence-corrected chi connectivity index (χ1v) is 12.6. The second-order valence-corrected chi connectivity index (χ2v) is 10.7. The Kier molecular flexibility index (Phi) is 8.55. The summed E-state index contributed by atoms with van der Waals surface area (Å²) in [6.45, 7) is 3.88. The Bertz CT molecular complexity index is 1250. The van der Waals surface area contributed by atoms with Crippen molar-refractivity contribution in [3.05, 3.63) is 89.0 Å². The van der Waals surface area contributed by atoms with Gasteiger partial charge in [0.05, 0.1) is 30.6 Å². The number of hydrogen-bond donors (Lipinski definition) is 1. The topological polar surface area (TPSA) is 69.4 Å². The molecular formula is C26H26F5N3O3S. The molecule has 2 aromatic carbocycles. The molecule has 6 nitrogen and oxygen atoms in total. The molecule has 1 saturated heterocycles. The molecule has 1 aliphatic heterocycles. The van der Waals surface area contributed by atoms with Gasteiger partial charge in [-0.15, -0.1) is 11.8 Å². The number of aliphatic hydroxyl groups is 1. The van der Waals surface area contributed by atoms with E-state index in [1.807, 2.05) is 0 Å². The van der Waals surface area contributed by atoms with E-state index in [2.05, 4.69) is 10.1 Å². The van der Waals surface area contributed by atoms with Crippen molar-refractivity contribution < 1.29 is 36.5 Å². The van der Waals surface area contributed by atoms with E-state index in [0.29, 0.717) is 11.1 Å². The third-order valence-electron chi connectivity index (χ3n) is 6.21. The number of ether oxygens (including phenoxy) is 2. The highest BCUT2D eigenvalue weighted by molar-refractivity contribution is 8.00. The van der Waals surface area contributed by atoms with Crippen molar-refractivity contribution in [3.63, 3.8) is 0 Å². The van der Waals surface area contributed by atoms with Gasteiger partial charge in [0.15, 0.2) is 6.29 Å². The summed E-state index contributed by atoms with van der Waals surface area (Å²) >= 11 is 1.33. The van der Waals surface area contributed by atoms with Crippen LogP contribution in [0.1, 0.15) is 30.5 Å².